The summed E-state index contributed by atoms with van der Waals surface area (Å²) in [6, 6.07) is 0. The fourth-order valence-corrected chi connectivity index (χ4v) is 2.49. The molecule has 1 aromatic heterocycles. The third-order valence-electron chi connectivity index (χ3n) is 2.56. The molecule has 2 rings (SSSR count). The van der Waals surface area contributed by atoms with Crippen LogP contribution >= 0.6 is 11.3 Å². The van der Waals surface area contributed by atoms with Crippen molar-refractivity contribution in [2.75, 3.05) is 0 Å². The number of aliphatic hydroxyl groups is 1. The van der Waals surface area contributed by atoms with Crippen molar-refractivity contribution in [2.45, 2.75) is 38.2 Å². The Hall–Kier alpha value is -0.670. The zero-order valence-corrected chi connectivity index (χ0v) is 8.96. The van der Waals surface area contributed by atoms with E-state index in [1.165, 1.54) is 16.9 Å². The average Bonchev–Trinajstić information content (AvgIpc) is 2.56. The lowest BCUT2D eigenvalue weighted by Gasteiger charge is -2.03. The van der Waals surface area contributed by atoms with Crippen LogP contribution in [0.15, 0.2) is 23.4 Å². The van der Waals surface area contributed by atoms with Gasteiger partial charge in [-0.15, -0.1) is 11.3 Å². The summed E-state index contributed by atoms with van der Waals surface area (Å²) < 4.78 is 0. The lowest BCUT2D eigenvalue weighted by atomic mass is 10.1. The summed E-state index contributed by atoms with van der Waals surface area (Å²) in [5.41, 5.74) is 3.24. The zero-order valence-electron chi connectivity index (χ0n) is 8.15. The van der Waals surface area contributed by atoms with Gasteiger partial charge in [0.05, 0.1) is 11.6 Å². The Kier molecular flexibility index (Phi) is 3.32. The van der Waals surface area contributed by atoms with Crippen molar-refractivity contribution in [2.24, 2.45) is 0 Å². The summed E-state index contributed by atoms with van der Waals surface area (Å²) in [7, 11) is 0. The smallest absolute Gasteiger partial charge is 0.0794 e. The molecule has 14 heavy (non-hydrogen) atoms. The van der Waals surface area contributed by atoms with Crippen LogP contribution in [-0.4, -0.2) is 16.2 Å². The molecule has 0 bridgehead atoms. The van der Waals surface area contributed by atoms with E-state index in [2.05, 4.69) is 4.98 Å². The van der Waals surface area contributed by atoms with Gasteiger partial charge < -0.3 is 5.11 Å². The van der Waals surface area contributed by atoms with E-state index in [1.807, 2.05) is 17.8 Å². The highest BCUT2D eigenvalue weighted by atomic mass is 32.1. The van der Waals surface area contributed by atoms with Gasteiger partial charge in [0.2, 0.25) is 0 Å². The van der Waals surface area contributed by atoms with Crippen molar-refractivity contribution in [1.29, 1.82) is 0 Å². The lowest BCUT2D eigenvalue weighted by Crippen LogP contribution is -2.00. The van der Waals surface area contributed by atoms with Gasteiger partial charge in [0.1, 0.15) is 0 Å². The molecule has 0 spiro atoms. The summed E-state index contributed by atoms with van der Waals surface area (Å²) in [4.78, 5) is 5.36. The first-order valence-corrected chi connectivity index (χ1v) is 5.97. The first-order valence-electron chi connectivity index (χ1n) is 5.09. The van der Waals surface area contributed by atoms with Crippen LogP contribution in [0.2, 0.25) is 0 Å². The number of hydrogen-bond acceptors (Lipinski definition) is 3. The summed E-state index contributed by atoms with van der Waals surface area (Å²) in [6.07, 6.45) is 9.12. The number of aromatic nitrogens is 1. The third kappa shape index (κ3) is 2.66. The second-order valence-electron chi connectivity index (χ2n) is 3.78. The maximum atomic E-state index is 9.60. The van der Waals surface area contributed by atoms with Crippen LogP contribution in [0.1, 0.15) is 30.6 Å². The quantitative estimate of drug-likeness (QED) is 0.759. The normalized spacial score (nSPS) is 22.9. The summed E-state index contributed by atoms with van der Waals surface area (Å²) in [6.45, 7) is 0. The molecule has 0 aromatic carbocycles. The Morgan fingerprint density at radius 1 is 1.50 bits per heavy atom. The van der Waals surface area contributed by atoms with Crippen LogP contribution in [0, 0.1) is 0 Å². The molecule has 1 heterocycles. The van der Waals surface area contributed by atoms with Crippen molar-refractivity contribution in [3.05, 3.63) is 28.2 Å². The molecule has 1 aromatic rings. The van der Waals surface area contributed by atoms with E-state index >= 15 is 0 Å². The fraction of sp³-hybridized carbons (Fsp3) is 0.545. The first-order chi connectivity index (χ1) is 6.84. The number of nitrogens with zero attached hydrogens (tertiary/aromatic N) is 1. The Morgan fingerprint density at radius 3 is 3.21 bits per heavy atom. The molecule has 0 fully saturated rings. The third-order valence-corrected chi connectivity index (χ3v) is 3.34. The van der Waals surface area contributed by atoms with Crippen LogP contribution in [0.25, 0.3) is 0 Å². The second-order valence-corrected chi connectivity index (χ2v) is 4.75. The van der Waals surface area contributed by atoms with Crippen molar-refractivity contribution >= 4 is 11.3 Å². The number of thiazole rings is 1. The van der Waals surface area contributed by atoms with Crippen molar-refractivity contribution < 1.29 is 5.11 Å². The van der Waals surface area contributed by atoms with Crippen molar-refractivity contribution in [3.8, 4) is 0 Å². The van der Waals surface area contributed by atoms with Crippen LogP contribution in [-0.2, 0) is 6.42 Å². The molecule has 0 saturated heterocycles. The molecule has 0 amide bonds. The summed E-state index contributed by atoms with van der Waals surface area (Å²) in [5.74, 6) is 0. The van der Waals surface area contributed by atoms with Crippen LogP contribution in [0.5, 0.6) is 0 Å². The predicted octanol–water partition coefficient (Wildman–Crippen LogP) is 2.55. The van der Waals surface area contributed by atoms with E-state index in [1.54, 1.807) is 11.3 Å². The molecule has 1 unspecified atom stereocenters. The van der Waals surface area contributed by atoms with Gasteiger partial charge in [-0.25, -0.2) is 0 Å². The van der Waals surface area contributed by atoms with E-state index in [9.17, 15) is 5.11 Å². The van der Waals surface area contributed by atoms with Gasteiger partial charge in [0.15, 0.2) is 0 Å². The predicted molar refractivity (Wildman–Crippen MR) is 58.4 cm³/mol. The van der Waals surface area contributed by atoms with Gasteiger partial charge in [0.25, 0.3) is 0 Å². The molecule has 1 N–H and O–H groups in total. The minimum Gasteiger partial charge on any atom is -0.389 e. The van der Waals surface area contributed by atoms with E-state index in [4.69, 9.17) is 0 Å². The Labute approximate surface area is 88.3 Å². The number of aliphatic hydroxyl groups excluding tert-OH is 1. The molecule has 0 aliphatic heterocycles. The first kappa shape index (κ1) is 9.87. The van der Waals surface area contributed by atoms with Gasteiger partial charge in [-0.3, -0.25) is 4.98 Å². The monoisotopic (exact) mass is 209 g/mol. The second kappa shape index (κ2) is 4.71. The number of hydrogen-bond donors (Lipinski definition) is 1. The highest BCUT2D eigenvalue weighted by molar-refractivity contribution is 7.09. The largest absolute Gasteiger partial charge is 0.389 e. The van der Waals surface area contributed by atoms with E-state index in [-0.39, 0.29) is 6.10 Å². The van der Waals surface area contributed by atoms with Gasteiger partial charge >= 0.3 is 0 Å². The molecule has 2 nitrogen and oxygen atoms in total. The molecule has 1 atom stereocenters. The Morgan fingerprint density at radius 2 is 2.43 bits per heavy atom. The molecule has 76 valence electrons. The topological polar surface area (TPSA) is 33.1 Å². The molecule has 0 radical (unpaired) electrons. The van der Waals surface area contributed by atoms with Gasteiger partial charge in [-0.2, -0.15) is 0 Å². The maximum absolute atomic E-state index is 9.60. The molecule has 1 aliphatic rings. The van der Waals surface area contributed by atoms with Crippen LogP contribution in [0.4, 0.5) is 0 Å². The highest BCUT2D eigenvalue weighted by Crippen LogP contribution is 2.22. The van der Waals surface area contributed by atoms with Crippen molar-refractivity contribution in [1.82, 2.24) is 4.98 Å². The summed E-state index contributed by atoms with van der Waals surface area (Å²) >= 11 is 1.69. The van der Waals surface area contributed by atoms with Gasteiger partial charge in [-0.1, -0.05) is 18.1 Å². The summed E-state index contributed by atoms with van der Waals surface area (Å²) in [5, 5.41) is 9.60. The zero-order chi connectivity index (χ0) is 9.80. The Balaban J connectivity index is 2.02. The standard InChI is InChI=1S/C11H15NOS/c13-10-4-2-1-3-9(5-10)6-11-7-12-8-14-11/h5,7-8,10,13H,1-4,6H2. The minimum absolute atomic E-state index is 0.222. The van der Waals surface area contributed by atoms with E-state index < -0.39 is 0 Å². The molecule has 3 heteroatoms. The molecule has 0 saturated carbocycles. The SMILES string of the molecule is OC1C=C(Cc2cncs2)CCCC1. The van der Waals surface area contributed by atoms with E-state index in [0.29, 0.717) is 0 Å². The molecular weight excluding hydrogens is 194 g/mol. The van der Waals surface area contributed by atoms with E-state index in [0.717, 1.165) is 25.7 Å². The van der Waals surface area contributed by atoms with Gasteiger partial charge in [-0.05, 0) is 19.3 Å². The number of allylic oxidation sites excluding steroid dienone is 1. The minimum atomic E-state index is -0.222. The van der Waals surface area contributed by atoms with Crippen molar-refractivity contribution in [3.63, 3.8) is 0 Å². The van der Waals surface area contributed by atoms with Gasteiger partial charge in [0, 0.05) is 17.5 Å². The molecule has 1 aliphatic carbocycles. The Bertz CT molecular complexity index is 305. The molecular formula is C11H15NOS. The van der Waals surface area contributed by atoms with Crippen LogP contribution < -0.4 is 0 Å². The number of rotatable bonds is 2. The maximum Gasteiger partial charge on any atom is 0.0794 e. The fourth-order valence-electron chi connectivity index (χ4n) is 1.84. The van der Waals surface area contributed by atoms with Crippen LogP contribution in [0.3, 0.4) is 0 Å². The average molecular weight is 209 g/mol. The lowest BCUT2D eigenvalue weighted by molar-refractivity contribution is 0.211. The highest BCUT2D eigenvalue weighted by Gasteiger charge is 2.10.